The fraction of sp³-hybridized carbons (Fsp3) is 0.238. The third kappa shape index (κ3) is 3.33. The molecule has 0 radical (unpaired) electrons. The van der Waals surface area contributed by atoms with E-state index in [0.717, 1.165) is 52.9 Å². The largest absolute Gasteiger partial charge is 0.494 e. The number of aromatic amines is 1. The summed E-state index contributed by atoms with van der Waals surface area (Å²) < 4.78 is 5.61. The van der Waals surface area contributed by atoms with Crippen LogP contribution >= 0.6 is 0 Å². The molecule has 0 unspecified atom stereocenters. The van der Waals surface area contributed by atoms with Crippen molar-refractivity contribution >= 4 is 27.8 Å². The first-order valence-electron chi connectivity index (χ1n) is 9.02. The number of anilines is 1. The van der Waals surface area contributed by atoms with Crippen molar-refractivity contribution in [2.45, 2.75) is 19.8 Å². The minimum absolute atomic E-state index is 0.650. The summed E-state index contributed by atoms with van der Waals surface area (Å²) in [6.45, 7) is 3.50. The van der Waals surface area contributed by atoms with Gasteiger partial charge in [0.1, 0.15) is 23.1 Å². The molecule has 2 aromatic heterocycles. The Bertz CT molecular complexity index is 1010. The summed E-state index contributed by atoms with van der Waals surface area (Å²) in [5, 5.41) is 4.50. The minimum atomic E-state index is 0.650. The zero-order chi connectivity index (χ0) is 17.8. The van der Waals surface area contributed by atoms with Gasteiger partial charge in [0, 0.05) is 17.4 Å². The van der Waals surface area contributed by atoms with Crippen molar-refractivity contribution in [3.8, 4) is 5.75 Å². The van der Waals surface area contributed by atoms with E-state index in [1.807, 2.05) is 31.2 Å². The molecule has 0 bridgehead atoms. The summed E-state index contributed by atoms with van der Waals surface area (Å²) in [6.07, 6.45) is 3.71. The molecular weight excluding hydrogens is 324 g/mol. The average Bonchev–Trinajstić information content (AvgIpc) is 3.05. The zero-order valence-electron chi connectivity index (χ0n) is 14.8. The van der Waals surface area contributed by atoms with Crippen LogP contribution in [0, 0.1) is 0 Å². The van der Waals surface area contributed by atoms with Gasteiger partial charge in [-0.3, -0.25) is 0 Å². The summed E-state index contributed by atoms with van der Waals surface area (Å²) in [6, 6.07) is 16.6. The molecule has 0 fully saturated rings. The first-order chi connectivity index (χ1) is 12.8. The van der Waals surface area contributed by atoms with Crippen molar-refractivity contribution in [3.63, 3.8) is 0 Å². The van der Waals surface area contributed by atoms with Crippen molar-refractivity contribution < 1.29 is 4.74 Å². The third-order valence-corrected chi connectivity index (χ3v) is 4.44. The first-order valence-corrected chi connectivity index (χ1v) is 9.02. The SMILES string of the molecule is CCOc1ccc2[nH]c3c(NCCCc4ccccc4)ncnc3c2c1. The number of hydrogen-bond donors (Lipinski definition) is 2. The maximum Gasteiger partial charge on any atom is 0.153 e. The van der Waals surface area contributed by atoms with Gasteiger partial charge in [-0.2, -0.15) is 0 Å². The number of aromatic nitrogens is 3. The van der Waals surface area contributed by atoms with Crippen molar-refractivity contribution in [2.75, 3.05) is 18.5 Å². The van der Waals surface area contributed by atoms with Gasteiger partial charge in [0.15, 0.2) is 5.82 Å². The Balaban J connectivity index is 1.53. The van der Waals surface area contributed by atoms with Crippen LogP contribution in [0.3, 0.4) is 0 Å². The monoisotopic (exact) mass is 346 g/mol. The molecule has 0 saturated carbocycles. The molecule has 2 N–H and O–H groups in total. The zero-order valence-corrected chi connectivity index (χ0v) is 14.8. The molecule has 5 nitrogen and oxygen atoms in total. The van der Waals surface area contributed by atoms with Crippen LogP contribution in [0.25, 0.3) is 21.9 Å². The summed E-state index contributed by atoms with van der Waals surface area (Å²) in [7, 11) is 0. The number of ether oxygens (including phenoxy) is 1. The maximum absolute atomic E-state index is 5.61. The van der Waals surface area contributed by atoms with E-state index in [9.17, 15) is 0 Å². The molecule has 4 rings (SSSR count). The van der Waals surface area contributed by atoms with Gasteiger partial charge in [0.05, 0.1) is 6.61 Å². The topological polar surface area (TPSA) is 62.8 Å². The molecule has 0 aliphatic heterocycles. The van der Waals surface area contributed by atoms with E-state index in [1.54, 1.807) is 6.33 Å². The highest BCUT2D eigenvalue weighted by Gasteiger charge is 2.11. The Morgan fingerprint density at radius 3 is 2.81 bits per heavy atom. The number of fused-ring (bicyclic) bond motifs is 3. The van der Waals surface area contributed by atoms with Crippen LogP contribution in [-0.4, -0.2) is 28.1 Å². The number of nitrogens with one attached hydrogen (secondary N) is 2. The van der Waals surface area contributed by atoms with Gasteiger partial charge in [0.2, 0.25) is 0 Å². The minimum Gasteiger partial charge on any atom is -0.494 e. The summed E-state index contributed by atoms with van der Waals surface area (Å²) in [5.74, 6) is 1.70. The highest BCUT2D eigenvalue weighted by molar-refractivity contribution is 6.08. The summed E-state index contributed by atoms with van der Waals surface area (Å²) in [4.78, 5) is 12.3. The molecule has 2 aromatic carbocycles. The second kappa shape index (κ2) is 7.44. The van der Waals surface area contributed by atoms with Crippen molar-refractivity contribution in [1.82, 2.24) is 15.0 Å². The van der Waals surface area contributed by atoms with E-state index < -0.39 is 0 Å². The lowest BCUT2D eigenvalue weighted by atomic mass is 10.1. The molecule has 0 aliphatic carbocycles. The number of nitrogens with zero attached hydrogens (tertiary/aromatic N) is 2. The van der Waals surface area contributed by atoms with Gasteiger partial charge < -0.3 is 15.0 Å². The Hall–Kier alpha value is -3.08. The first kappa shape index (κ1) is 16.4. The van der Waals surface area contributed by atoms with Gasteiger partial charge >= 0.3 is 0 Å². The van der Waals surface area contributed by atoms with Crippen LogP contribution in [0.2, 0.25) is 0 Å². The summed E-state index contributed by atoms with van der Waals surface area (Å²) in [5.41, 5.74) is 4.26. The highest BCUT2D eigenvalue weighted by atomic mass is 16.5. The predicted molar refractivity (Wildman–Crippen MR) is 106 cm³/mol. The van der Waals surface area contributed by atoms with E-state index in [1.165, 1.54) is 5.56 Å². The van der Waals surface area contributed by atoms with Crippen LogP contribution in [0.1, 0.15) is 18.9 Å². The van der Waals surface area contributed by atoms with Crippen molar-refractivity contribution in [2.24, 2.45) is 0 Å². The molecule has 0 spiro atoms. The second-order valence-electron chi connectivity index (χ2n) is 6.23. The quantitative estimate of drug-likeness (QED) is 0.482. The van der Waals surface area contributed by atoms with E-state index in [-0.39, 0.29) is 0 Å². The number of benzene rings is 2. The van der Waals surface area contributed by atoms with E-state index >= 15 is 0 Å². The number of rotatable bonds is 7. The average molecular weight is 346 g/mol. The predicted octanol–water partition coefficient (Wildman–Crippen LogP) is 4.55. The van der Waals surface area contributed by atoms with Crippen LogP contribution in [-0.2, 0) is 6.42 Å². The molecule has 0 aliphatic rings. The van der Waals surface area contributed by atoms with Gasteiger partial charge in [-0.25, -0.2) is 9.97 Å². The van der Waals surface area contributed by atoms with E-state index in [4.69, 9.17) is 4.74 Å². The molecule has 5 heteroatoms. The van der Waals surface area contributed by atoms with Crippen molar-refractivity contribution in [3.05, 3.63) is 60.4 Å². The van der Waals surface area contributed by atoms with Gasteiger partial charge in [-0.15, -0.1) is 0 Å². The molecule has 26 heavy (non-hydrogen) atoms. The molecule has 132 valence electrons. The fourth-order valence-electron chi connectivity index (χ4n) is 3.21. The molecular formula is C21H22N4O. The Morgan fingerprint density at radius 2 is 1.96 bits per heavy atom. The van der Waals surface area contributed by atoms with Crippen LogP contribution in [0.5, 0.6) is 5.75 Å². The molecule has 4 aromatic rings. The van der Waals surface area contributed by atoms with Crippen molar-refractivity contribution in [1.29, 1.82) is 0 Å². The molecule has 0 amide bonds. The Kier molecular flexibility index (Phi) is 4.69. The van der Waals surface area contributed by atoms with E-state index in [0.29, 0.717) is 6.61 Å². The highest BCUT2D eigenvalue weighted by Crippen LogP contribution is 2.30. The summed E-state index contributed by atoms with van der Waals surface area (Å²) >= 11 is 0. The Morgan fingerprint density at radius 1 is 1.08 bits per heavy atom. The lowest BCUT2D eigenvalue weighted by Gasteiger charge is -2.06. The van der Waals surface area contributed by atoms with Crippen LogP contribution < -0.4 is 10.1 Å². The lowest BCUT2D eigenvalue weighted by molar-refractivity contribution is 0.341. The van der Waals surface area contributed by atoms with Crippen LogP contribution in [0.15, 0.2) is 54.9 Å². The van der Waals surface area contributed by atoms with Gasteiger partial charge in [-0.1, -0.05) is 30.3 Å². The smallest absolute Gasteiger partial charge is 0.153 e. The third-order valence-electron chi connectivity index (χ3n) is 4.44. The second-order valence-corrected chi connectivity index (χ2v) is 6.23. The van der Waals surface area contributed by atoms with Gasteiger partial charge in [0.25, 0.3) is 0 Å². The lowest BCUT2D eigenvalue weighted by Crippen LogP contribution is -2.05. The standard InChI is InChI=1S/C21H22N4O/c1-2-26-16-10-11-18-17(13-16)19-20(25-18)21(24-14-23-19)22-12-6-9-15-7-4-3-5-8-15/h3-5,7-8,10-11,13-14,25H,2,6,9,12H2,1H3,(H,22,23,24). The van der Waals surface area contributed by atoms with Gasteiger partial charge in [-0.05, 0) is 43.5 Å². The van der Waals surface area contributed by atoms with E-state index in [2.05, 4.69) is 44.5 Å². The number of hydrogen-bond acceptors (Lipinski definition) is 4. The molecule has 0 atom stereocenters. The van der Waals surface area contributed by atoms with Crippen LogP contribution in [0.4, 0.5) is 5.82 Å². The number of aryl methyl sites for hydroxylation is 1. The molecule has 2 heterocycles. The Labute approximate surface area is 152 Å². The normalized spacial score (nSPS) is 11.1. The number of H-pyrrole nitrogens is 1. The fourth-order valence-corrected chi connectivity index (χ4v) is 3.21. The maximum atomic E-state index is 5.61. The molecule has 0 saturated heterocycles.